The number of nitrogens with one attached hydrogen (secondary N) is 1. The van der Waals surface area contributed by atoms with E-state index in [4.69, 9.17) is 0 Å². The molecule has 0 radical (unpaired) electrons. The zero-order valence-electron chi connectivity index (χ0n) is 13.1. The van der Waals surface area contributed by atoms with E-state index in [1.807, 2.05) is 7.05 Å². The summed E-state index contributed by atoms with van der Waals surface area (Å²) >= 11 is 3.48. The summed E-state index contributed by atoms with van der Waals surface area (Å²) in [6.45, 7) is 1.79. The fourth-order valence-corrected chi connectivity index (χ4v) is 3.56. The maximum absolute atomic E-state index is 10.5. The largest absolute Gasteiger partial charge is 0.389 e. The average Bonchev–Trinajstić information content (AvgIpc) is 2.87. The Morgan fingerprint density at radius 3 is 2.48 bits per heavy atom. The van der Waals surface area contributed by atoms with Crippen molar-refractivity contribution in [3.63, 3.8) is 0 Å². The molecule has 0 saturated heterocycles. The molecule has 21 heavy (non-hydrogen) atoms. The van der Waals surface area contributed by atoms with Crippen LogP contribution in [-0.2, 0) is 0 Å². The van der Waals surface area contributed by atoms with Gasteiger partial charge in [0.05, 0.1) is 5.60 Å². The fourth-order valence-electron chi connectivity index (χ4n) is 3.29. The van der Waals surface area contributed by atoms with Gasteiger partial charge in [-0.1, -0.05) is 40.9 Å². The maximum Gasteiger partial charge on any atom is 0.0774 e. The number of benzene rings is 1. The molecule has 0 bridgehead atoms. The summed E-state index contributed by atoms with van der Waals surface area (Å²) in [6, 6.07) is 8.86. The quantitative estimate of drug-likeness (QED) is 0.788. The minimum atomic E-state index is -0.443. The Balaban J connectivity index is 1.83. The molecule has 4 heteroatoms. The topological polar surface area (TPSA) is 35.5 Å². The van der Waals surface area contributed by atoms with Crippen LogP contribution < -0.4 is 5.32 Å². The highest BCUT2D eigenvalue weighted by molar-refractivity contribution is 9.10. The van der Waals surface area contributed by atoms with Gasteiger partial charge in [-0.15, -0.1) is 0 Å². The van der Waals surface area contributed by atoms with Crippen molar-refractivity contribution in [3.8, 4) is 0 Å². The molecule has 0 amide bonds. The minimum absolute atomic E-state index is 0.360. The van der Waals surface area contributed by atoms with Crippen LogP contribution in [0.3, 0.4) is 0 Å². The number of rotatable bonds is 7. The molecule has 1 aliphatic rings. The van der Waals surface area contributed by atoms with E-state index in [-0.39, 0.29) is 0 Å². The van der Waals surface area contributed by atoms with E-state index < -0.39 is 5.60 Å². The van der Waals surface area contributed by atoms with Gasteiger partial charge in [0.25, 0.3) is 0 Å². The Labute approximate surface area is 136 Å². The first-order valence-electron chi connectivity index (χ1n) is 7.86. The summed E-state index contributed by atoms with van der Waals surface area (Å²) in [4.78, 5) is 2.27. The average molecular weight is 355 g/mol. The van der Waals surface area contributed by atoms with Crippen LogP contribution in [0.4, 0.5) is 0 Å². The van der Waals surface area contributed by atoms with Gasteiger partial charge in [-0.3, -0.25) is 0 Å². The van der Waals surface area contributed by atoms with E-state index in [9.17, 15) is 5.11 Å². The summed E-state index contributed by atoms with van der Waals surface area (Å²) in [6.07, 6.45) is 5.30. The summed E-state index contributed by atoms with van der Waals surface area (Å²) in [5.41, 5.74) is 0.871. The predicted octanol–water partition coefficient (Wildman–Crippen LogP) is 3.34. The van der Waals surface area contributed by atoms with Gasteiger partial charge >= 0.3 is 0 Å². The zero-order chi connectivity index (χ0) is 15.3. The Morgan fingerprint density at radius 2 is 1.90 bits per heavy atom. The van der Waals surface area contributed by atoms with Gasteiger partial charge in [-0.2, -0.15) is 0 Å². The number of nitrogens with zero attached hydrogens (tertiary/aromatic N) is 1. The van der Waals surface area contributed by atoms with Crippen LogP contribution in [0.15, 0.2) is 28.7 Å². The van der Waals surface area contributed by atoms with Gasteiger partial charge in [0.1, 0.15) is 0 Å². The molecule has 0 spiro atoms. The van der Waals surface area contributed by atoms with Crippen LogP contribution in [0.5, 0.6) is 0 Å². The molecule has 1 unspecified atom stereocenters. The fraction of sp³-hybridized carbons (Fsp3) is 0.647. The van der Waals surface area contributed by atoms with Gasteiger partial charge < -0.3 is 15.3 Å². The van der Waals surface area contributed by atoms with Crippen molar-refractivity contribution >= 4 is 15.9 Å². The predicted molar refractivity (Wildman–Crippen MR) is 91.5 cm³/mol. The van der Waals surface area contributed by atoms with Crippen molar-refractivity contribution in [2.24, 2.45) is 0 Å². The third-order valence-electron chi connectivity index (χ3n) is 4.52. The third kappa shape index (κ3) is 5.06. The number of hydrogen-bond acceptors (Lipinski definition) is 3. The molecule has 1 aromatic rings. The number of likely N-dealkylation sites (N-methyl/N-ethyl adjacent to an activating group) is 1. The zero-order valence-corrected chi connectivity index (χ0v) is 14.7. The van der Waals surface area contributed by atoms with Crippen LogP contribution >= 0.6 is 15.9 Å². The third-order valence-corrected chi connectivity index (χ3v) is 5.05. The van der Waals surface area contributed by atoms with Crippen molar-refractivity contribution in [1.29, 1.82) is 0 Å². The molecule has 3 nitrogen and oxygen atoms in total. The van der Waals surface area contributed by atoms with E-state index >= 15 is 0 Å². The van der Waals surface area contributed by atoms with E-state index in [0.29, 0.717) is 6.04 Å². The first-order valence-corrected chi connectivity index (χ1v) is 8.65. The van der Waals surface area contributed by atoms with Crippen molar-refractivity contribution < 1.29 is 5.11 Å². The minimum Gasteiger partial charge on any atom is -0.389 e. The van der Waals surface area contributed by atoms with E-state index in [2.05, 4.69) is 57.5 Å². The van der Waals surface area contributed by atoms with Gasteiger partial charge in [0, 0.05) is 17.1 Å². The SMILES string of the molecule is CNC(CCN(C)CC1(O)CCCC1)c1ccc(Br)cc1. The monoisotopic (exact) mass is 354 g/mol. The highest BCUT2D eigenvalue weighted by atomic mass is 79.9. The molecule has 0 aliphatic heterocycles. The van der Waals surface area contributed by atoms with Crippen molar-refractivity contribution in [1.82, 2.24) is 10.2 Å². The van der Waals surface area contributed by atoms with E-state index in [1.54, 1.807) is 0 Å². The smallest absolute Gasteiger partial charge is 0.0774 e. The van der Waals surface area contributed by atoms with Crippen molar-refractivity contribution in [3.05, 3.63) is 34.3 Å². The highest BCUT2D eigenvalue weighted by Crippen LogP contribution is 2.30. The Kier molecular flexibility index (Phi) is 6.23. The molecule has 1 aliphatic carbocycles. The summed E-state index contributed by atoms with van der Waals surface area (Å²) in [5, 5.41) is 13.9. The van der Waals surface area contributed by atoms with E-state index in [0.717, 1.165) is 36.8 Å². The molecule has 0 aromatic heterocycles. The Hall–Kier alpha value is -0.420. The maximum atomic E-state index is 10.5. The van der Waals surface area contributed by atoms with Crippen LogP contribution in [0.25, 0.3) is 0 Å². The normalized spacial score (nSPS) is 19.1. The van der Waals surface area contributed by atoms with Gasteiger partial charge in [0.2, 0.25) is 0 Å². The van der Waals surface area contributed by atoms with Crippen molar-refractivity contribution in [2.75, 3.05) is 27.2 Å². The lowest BCUT2D eigenvalue weighted by Crippen LogP contribution is -2.40. The number of halogens is 1. The molecule has 0 heterocycles. The Morgan fingerprint density at radius 1 is 1.29 bits per heavy atom. The lowest BCUT2D eigenvalue weighted by molar-refractivity contribution is 0.0157. The molecule has 118 valence electrons. The standard InChI is InChI=1S/C17H27BrN2O/c1-19-16(14-5-7-15(18)8-6-14)9-12-20(2)13-17(21)10-3-4-11-17/h5-8,16,19,21H,3-4,9-13H2,1-2H3. The number of aliphatic hydroxyl groups is 1. The second-order valence-corrected chi connectivity index (χ2v) is 7.27. The Bertz CT molecular complexity index is 429. The molecule has 1 aromatic carbocycles. The summed E-state index contributed by atoms with van der Waals surface area (Å²) in [7, 11) is 4.13. The molecule has 1 atom stereocenters. The van der Waals surface area contributed by atoms with Gasteiger partial charge in [-0.25, -0.2) is 0 Å². The van der Waals surface area contributed by atoms with E-state index in [1.165, 1.54) is 18.4 Å². The second kappa shape index (κ2) is 7.73. The van der Waals surface area contributed by atoms with Crippen LogP contribution in [0.2, 0.25) is 0 Å². The first-order chi connectivity index (χ1) is 10.0. The highest BCUT2D eigenvalue weighted by Gasteiger charge is 2.32. The van der Waals surface area contributed by atoms with Crippen LogP contribution in [0.1, 0.15) is 43.7 Å². The lowest BCUT2D eigenvalue weighted by atomic mass is 10.0. The molecule has 1 fully saturated rings. The van der Waals surface area contributed by atoms with Crippen molar-refractivity contribution in [2.45, 2.75) is 43.7 Å². The molecule has 1 saturated carbocycles. The van der Waals surface area contributed by atoms with Gasteiger partial charge in [0.15, 0.2) is 0 Å². The summed E-state index contributed by atoms with van der Waals surface area (Å²) in [5.74, 6) is 0. The van der Waals surface area contributed by atoms with Crippen LogP contribution in [0, 0.1) is 0 Å². The molecule has 2 rings (SSSR count). The van der Waals surface area contributed by atoms with Crippen LogP contribution in [-0.4, -0.2) is 42.8 Å². The first kappa shape index (κ1) is 16.9. The molecular formula is C17H27BrN2O. The number of hydrogen-bond donors (Lipinski definition) is 2. The lowest BCUT2D eigenvalue weighted by Gasteiger charge is -2.29. The van der Waals surface area contributed by atoms with Gasteiger partial charge in [-0.05, 0) is 57.6 Å². The molecular weight excluding hydrogens is 328 g/mol. The summed E-state index contributed by atoms with van der Waals surface area (Å²) < 4.78 is 1.11. The second-order valence-electron chi connectivity index (χ2n) is 6.35. The molecule has 2 N–H and O–H groups in total.